The van der Waals surface area contributed by atoms with Gasteiger partial charge in [-0.3, -0.25) is 9.59 Å². The monoisotopic (exact) mass is 324 g/mol. The van der Waals surface area contributed by atoms with Gasteiger partial charge in [-0.25, -0.2) is 0 Å². The van der Waals surface area contributed by atoms with Gasteiger partial charge in [0.25, 0.3) is 5.91 Å². The zero-order valence-electron chi connectivity index (χ0n) is 13.3. The topological polar surface area (TPSA) is 80.4 Å². The largest absolute Gasteiger partial charge is 0.495 e. The van der Waals surface area contributed by atoms with Gasteiger partial charge < -0.3 is 19.8 Å². The van der Waals surface area contributed by atoms with E-state index in [1.165, 1.54) is 20.4 Å². The van der Waals surface area contributed by atoms with Crippen molar-refractivity contribution >= 4 is 22.5 Å². The maximum atomic E-state index is 12.6. The van der Waals surface area contributed by atoms with Gasteiger partial charge in [-0.2, -0.15) is 0 Å². The van der Waals surface area contributed by atoms with Crippen LogP contribution in [0.2, 0.25) is 0 Å². The molecule has 0 aliphatic heterocycles. The predicted molar refractivity (Wildman–Crippen MR) is 92.1 cm³/mol. The predicted octanol–water partition coefficient (Wildman–Crippen LogP) is 2.80. The Morgan fingerprint density at radius 2 is 1.71 bits per heavy atom. The number of pyridine rings is 1. The molecule has 1 aromatic heterocycles. The van der Waals surface area contributed by atoms with Crippen LogP contribution in [0.15, 0.2) is 53.5 Å². The second-order valence-corrected chi connectivity index (χ2v) is 5.07. The van der Waals surface area contributed by atoms with Crippen LogP contribution < -0.4 is 20.2 Å². The van der Waals surface area contributed by atoms with Crippen molar-refractivity contribution in [1.29, 1.82) is 0 Å². The molecule has 0 bridgehead atoms. The van der Waals surface area contributed by atoms with Gasteiger partial charge in [0.1, 0.15) is 17.1 Å². The number of anilines is 1. The minimum absolute atomic E-state index is 0.0154. The molecule has 122 valence electrons. The van der Waals surface area contributed by atoms with Crippen molar-refractivity contribution < 1.29 is 14.3 Å². The molecule has 6 heteroatoms. The van der Waals surface area contributed by atoms with E-state index in [4.69, 9.17) is 9.47 Å². The number of amides is 1. The highest BCUT2D eigenvalue weighted by molar-refractivity contribution is 6.06. The van der Waals surface area contributed by atoms with Crippen molar-refractivity contribution in [2.24, 2.45) is 0 Å². The molecule has 6 nitrogen and oxygen atoms in total. The summed E-state index contributed by atoms with van der Waals surface area (Å²) in [6, 6.07) is 12.1. The molecule has 0 atom stereocenters. The standard InChI is InChI=1S/C18H16N2O4/c1-23-14-8-4-3-7-13(14)20-18(22)12-10-19-16-11(17(12)21)6-5-9-15(16)24-2/h3-10H,1-2H3,(H,19,21)(H,20,22). The summed E-state index contributed by atoms with van der Waals surface area (Å²) in [5, 5.41) is 3.09. The molecule has 3 rings (SSSR count). The number of nitrogens with one attached hydrogen (secondary N) is 2. The molecule has 0 spiro atoms. The summed E-state index contributed by atoms with van der Waals surface area (Å²) in [6.07, 6.45) is 1.39. The summed E-state index contributed by atoms with van der Waals surface area (Å²) in [4.78, 5) is 28.1. The molecule has 0 radical (unpaired) electrons. The van der Waals surface area contributed by atoms with Gasteiger partial charge in [0, 0.05) is 6.20 Å². The van der Waals surface area contributed by atoms with E-state index in [1.54, 1.807) is 42.5 Å². The van der Waals surface area contributed by atoms with E-state index in [0.29, 0.717) is 28.1 Å². The minimum Gasteiger partial charge on any atom is -0.495 e. The lowest BCUT2D eigenvalue weighted by molar-refractivity contribution is 0.102. The zero-order valence-corrected chi connectivity index (χ0v) is 13.3. The Kier molecular flexibility index (Phi) is 4.20. The van der Waals surface area contributed by atoms with E-state index in [2.05, 4.69) is 10.3 Å². The molecule has 0 saturated carbocycles. The summed E-state index contributed by atoms with van der Waals surface area (Å²) < 4.78 is 10.4. The van der Waals surface area contributed by atoms with Gasteiger partial charge in [-0.15, -0.1) is 0 Å². The normalized spacial score (nSPS) is 10.4. The third kappa shape index (κ3) is 2.69. The average molecular weight is 324 g/mol. The van der Waals surface area contributed by atoms with E-state index >= 15 is 0 Å². The average Bonchev–Trinajstić information content (AvgIpc) is 2.62. The highest BCUT2D eigenvalue weighted by Gasteiger charge is 2.16. The molecular weight excluding hydrogens is 308 g/mol. The Morgan fingerprint density at radius 1 is 1.00 bits per heavy atom. The number of H-pyrrole nitrogens is 1. The second-order valence-electron chi connectivity index (χ2n) is 5.07. The third-order valence-corrected chi connectivity index (χ3v) is 3.70. The number of aromatic amines is 1. The Bertz CT molecular complexity index is 963. The number of hydrogen-bond acceptors (Lipinski definition) is 4. The van der Waals surface area contributed by atoms with E-state index in [9.17, 15) is 9.59 Å². The van der Waals surface area contributed by atoms with Crippen LogP contribution in [0.4, 0.5) is 5.69 Å². The van der Waals surface area contributed by atoms with E-state index in [-0.39, 0.29) is 11.0 Å². The highest BCUT2D eigenvalue weighted by Crippen LogP contribution is 2.24. The van der Waals surface area contributed by atoms with Gasteiger partial charge in [0.15, 0.2) is 0 Å². The molecule has 3 aromatic rings. The molecule has 1 heterocycles. The van der Waals surface area contributed by atoms with Gasteiger partial charge in [0.2, 0.25) is 5.43 Å². The number of hydrogen-bond donors (Lipinski definition) is 2. The fourth-order valence-electron chi connectivity index (χ4n) is 2.50. The van der Waals surface area contributed by atoms with E-state index in [1.807, 2.05) is 0 Å². The van der Waals surface area contributed by atoms with Crippen molar-refractivity contribution in [2.45, 2.75) is 0 Å². The quantitative estimate of drug-likeness (QED) is 0.773. The summed E-state index contributed by atoms with van der Waals surface area (Å²) in [5.41, 5.74) is 0.700. The van der Waals surface area contributed by atoms with Crippen LogP contribution in [0.25, 0.3) is 10.9 Å². The molecule has 24 heavy (non-hydrogen) atoms. The summed E-state index contributed by atoms with van der Waals surface area (Å²) >= 11 is 0. The van der Waals surface area contributed by atoms with Crippen LogP contribution in [0.3, 0.4) is 0 Å². The first-order valence-electron chi connectivity index (χ1n) is 7.28. The molecule has 0 unspecified atom stereocenters. The zero-order chi connectivity index (χ0) is 17.1. The number of fused-ring (bicyclic) bond motifs is 1. The van der Waals surface area contributed by atoms with Crippen molar-refractivity contribution in [2.75, 3.05) is 19.5 Å². The number of para-hydroxylation sites is 3. The van der Waals surface area contributed by atoms with Gasteiger partial charge in [-0.1, -0.05) is 18.2 Å². The van der Waals surface area contributed by atoms with Crippen LogP contribution in [0.1, 0.15) is 10.4 Å². The first-order valence-corrected chi connectivity index (χ1v) is 7.28. The maximum Gasteiger partial charge on any atom is 0.261 e. The Labute approximate surface area is 138 Å². The molecule has 0 aliphatic carbocycles. The minimum atomic E-state index is -0.509. The number of methoxy groups -OCH3 is 2. The van der Waals surface area contributed by atoms with Crippen molar-refractivity contribution in [3.05, 3.63) is 64.4 Å². The van der Waals surface area contributed by atoms with E-state index < -0.39 is 5.91 Å². The Balaban J connectivity index is 2.02. The van der Waals surface area contributed by atoms with Gasteiger partial charge >= 0.3 is 0 Å². The first kappa shape index (κ1) is 15.6. The Morgan fingerprint density at radius 3 is 2.46 bits per heavy atom. The lowest BCUT2D eigenvalue weighted by atomic mass is 10.1. The van der Waals surface area contributed by atoms with Gasteiger partial charge in [0.05, 0.1) is 30.8 Å². The van der Waals surface area contributed by atoms with Crippen molar-refractivity contribution in [1.82, 2.24) is 4.98 Å². The molecule has 1 amide bonds. The second kappa shape index (κ2) is 6.45. The van der Waals surface area contributed by atoms with Crippen LogP contribution in [0.5, 0.6) is 11.5 Å². The summed E-state index contributed by atoms with van der Waals surface area (Å²) in [7, 11) is 3.04. The van der Waals surface area contributed by atoms with Crippen molar-refractivity contribution in [3.8, 4) is 11.5 Å². The molecule has 0 aliphatic rings. The summed E-state index contributed by atoms with van der Waals surface area (Å²) in [6.45, 7) is 0. The van der Waals surface area contributed by atoms with Crippen LogP contribution in [0, 0.1) is 0 Å². The molecule has 2 N–H and O–H groups in total. The van der Waals surface area contributed by atoms with Crippen LogP contribution >= 0.6 is 0 Å². The first-order chi connectivity index (χ1) is 11.7. The number of carbonyl (C=O) groups is 1. The van der Waals surface area contributed by atoms with E-state index in [0.717, 1.165) is 0 Å². The van der Waals surface area contributed by atoms with Crippen LogP contribution in [-0.2, 0) is 0 Å². The molecular formula is C18H16N2O4. The number of carbonyl (C=O) groups excluding carboxylic acids is 1. The molecule has 0 fully saturated rings. The number of aromatic nitrogens is 1. The fraction of sp³-hybridized carbons (Fsp3) is 0.111. The third-order valence-electron chi connectivity index (χ3n) is 3.70. The molecule has 2 aromatic carbocycles. The number of rotatable bonds is 4. The van der Waals surface area contributed by atoms with Crippen LogP contribution in [-0.4, -0.2) is 25.1 Å². The maximum absolute atomic E-state index is 12.6. The highest BCUT2D eigenvalue weighted by atomic mass is 16.5. The molecule has 0 saturated heterocycles. The summed E-state index contributed by atoms with van der Waals surface area (Å²) in [5.74, 6) is 0.552. The smallest absolute Gasteiger partial charge is 0.261 e. The van der Waals surface area contributed by atoms with Crippen molar-refractivity contribution in [3.63, 3.8) is 0 Å². The Hall–Kier alpha value is -3.28. The van der Waals surface area contributed by atoms with Gasteiger partial charge in [-0.05, 0) is 24.3 Å². The number of ether oxygens (including phenoxy) is 2. The fourth-order valence-corrected chi connectivity index (χ4v) is 2.50. The lowest BCUT2D eigenvalue weighted by Gasteiger charge is -2.10. The SMILES string of the molecule is COc1ccccc1NC(=O)c1c[nH]c2c(OC)cccc2c1=O. The number of benzene rings is 2. The lowest BCUT2D eigenvalue weighted by Crippen LogP contribution is -2.22.